The van der Waals surface area contributed by atoms with Gasteiger partial charge in [-0.2, -0.15) is 5.26 Å². The third kappa shape index (κ3) is 1.33. The van der Waals surface area contributed by atoms with Crippen molar-refractivity contribution in [2.24, 2.45) is 0 Å². The molecule has 0 N–H and O–H groups in total. The van der Waals surface area contributed by atoms with Crippen molar-refractivity contribution in [2.75, 3.05) is 6.61 Å². The standard InChI is InChI=1S/C14H11NO/c15-9-10-3-4-11-5-6-14-12(13(11)8-10)2-1-7-16-14/h3-6,8H,1-2,7H2. The Labute approximate surface area is 94.1 Å². The largest absolute Gasteiger partial charge is 0.493 e. The quantitative estimate of drug-likeness (QED) is 0.668. The number of nitriles is 1. The lowest BCUT2D eigenvalue weighted by Crippen LogP contribution is -2.08. The summed E-state index contributed by atoms with van der Waals surface area (Å²) < 4.78 is 5.62. The molecule has 0 amide bonds. The van der Waals surface area contributed by atoms with Crippen molar-refractivity contribution in [1.29, 1.82) is 5.26 Å². The Hall–Kier alpha value is -2.01. The summed E-state index contributed by atoms with van der Waals surface area (Å²) in [6.07, 6.45) is 2.10. The molecule has 1 aliphatic heterocycles. The Morgan fingerprint density at radius 1 is 1.19 bits per heavy atom. The van der Waals surface area contributed by atoms with E-state index in [-0.39, 0.29) is 0 Å². The molecular weight excluding hydrogens is 198 g/mol. The molecule has 3 rings (SSSR count). The van der Waals surface area contributed by atoms with Gasteiger partial charge in [0.2, 0.25) is 0 Å². The molecule has 0 spiro atoms. The van der Waals surface area contributed by atoms with Crippen LogP contribution in [0.1, 0.15) is 17.5 Å². The van der Waals surface area contributed by atoms with Crippen molar-refractivity contribution >= 4 is 10.8 Å². The maximum atomic E-state index is 8.92. The lowest BCUT2D eigenvalue weighted by Gasteiger charge is -2.18. The Kier molecular flexibility index (Phi) is 2.04. The van der Waals surface area contributed by atoms with Crippen LogP contribution < -0.4 is 4.74 Å². The van der Waals surface area contributed by atoms with Gasteiger partial charge in [0.15, 0.2) is 0 Å². The van der Waals surface area contributed by atoms with Crippen molar-refractivity contribution < 1.29 is 4.74 Å². The van der Waals surface area contributed by atoms with E-state index in [1.54, 1.807) is 0 Å². The van der Waals surface area contributed by atoms with E-state index in [9.17, 15) is 0 Å². The predicted octanol–water partition coefficient (Wildman–Crippen LogP) is 3.04. The van der Waals surface area contributed by atoms with Crippen LogP contribution in [0.25, 0.3) is 10.8 Å². The number of nitrogens with zero attached hydrogens (tertiary/aromatic N) is 1. The van der Waals surface area contributed by atoms with Gasteiger partial charge in [0.1, 0.15) is 5.75 Å². The van der Waals surface area contributed by atoms with Gasteiger partial charge >= 0.3 is 0 Å². The normalized spacial score (nSPS) is 13.9. The molecular formula is C14H11NO. The van der Waals surface area contributed by atoms with Crippen molar-refractivity contribution in [3.63, 3.8) is 0 Å². The van der Waals surface area contributed by atoms with Crippen LogP contribution in [-0.4, -0.2) is 6.61 Å². The van der Waals surface area contributed by atoms with E-state index in [1.165, 1.54) is 10.9 Å². The molecule has 0 bridgehead atoms. The molecule has 2 heteroatoms. The van der Waals surface area contributed by atoms with Gasteiger partial charge in [0.25, 0.3) is 0 Å². The second-order valence-corrected chi connectivity index (χ2v) is 4.04. The first-order valence-corrected chi connectivity index (χ1v) is 5.47. The number of rotatable bonds is 0. The molecule has 1 aliphatic rings. The Bertz CT molecular complexity index is 595. The number of hydrogen-bond donors (Lipinski definition) is 0. The Morgan fingerprint density at radius 3 is 2.94 bits per heavy atom. The minimum atomic E-state index is 0.714. The maximum Gasteiger partial charge on any atom is 0.123 e. The Balaban J connectivity index is 2.32. The van der Waals surface area contributed by atoms with Crippen LogP contribution in [0.3, 0.4) is 0 Å². The van der Waals surface area contributed by atoms with E-state index in [0.717, 1.165) is 30.6 Å². The first kappa shape index (κ1) is 9.23. The van der Waals surface area contributed by atoms with Crippen LogP contribution in [0.4, 0.5) is 0 Å². The molecule has 78 valence electrons. The number of fused-ring (bicyclic) bond motifs is 3. The van der Waals surface area contributed by atoms with Crippen LogP contribution in [0.2, 0.25) is 0 Å². The summed E-state index contributed by atoms with van der Waals surface area (Å²) in [6, 6.07) is 12.1. The van der Waals surface area contributed by atoms with Gasteiger partial charge < -0.3 is 4.74 Å². The van der Waals surface area contributed by atoms with Crippen molar-refractivity contribution in [1.82, 2.24) is 0 Å². The van der Waals surface area contributed by atoms with Gasteiger partial charge in [0.05, 0.1) is 18.2 Å². The monoisotopic (exact) mass is 209 g/mol. The zero-order valence-electron chi connectivity index (χ0n) is 8.86. The first-order valence-electron chi connectivity index (χ1n) is 5.47. The average molecular weight is 209 g/mol. The minimum Gasteiger partial charge on any atom is -0.493 e. The fourth-order valence-electron chi connectivity index (χ4n) is 2.26. The van der Waals surface area contributed by atoms with Crippen LogP contribution in [0.5, 0.6) is 5.75 Å². The van der Waals surface area contributed by atoms with Crippen LogP contribution in [0, 0.1) is 11.3 Å². The van der Waals surface area contributed by atoms with E-state index in [2.05, 4.69) is 12.1 Å². The van der Waals surface area contributed by atoms with E-state index >= 15 is 0 Å². The molecule has 0 radical (unpaired) electrons. The summed E-state index contributed by atoms with van der Waals surface area (Å²) in [5.41, 5.74) is 1.97. The van der Waals surface area contributed by atoms with Gasteiger partial charge in [0, 0.05) is 5.56 Å². The second-order valence-electron chi connectivity index (χ2n) is 4.04. The molecule has 16 heavy (non-hydrogen) atoms. The summed E-state index contributed by atoms with van der Waals surface area (Å²) in [5.74, 6) is 0.980. The van der Waals surface area contributed by atoms with Crippen LogP contribution in [0.15, 0.2) is 30.3 Å². The third-order valence-corrected chi connectivity index (χ3v) is 3.05. The Morgan fingerprint density at radius 2 is 2.06 bits per heavy atom. The van der Waals surface area contributed by atoms with Gasteiger partial charge in [-0.15, -0.1) is 0 Å². The van der Waals surface area contributed by atoms with Crippen LogP contribution in [-0.2, 0) is 6.42 Å². The van der Waals surface area contributed by atoms with Crippen molar-refractivity contribution in [2.45, 2.75) is 12.8 Å². The molecule has 0 saturated carbocycles. The van der Waals surface area contributed by atoms with Crippen LogP contribution >= 0.6 is 0 Å². The highest BCUT2D eigenvalue weighted by Gasteiger charge is 2.13. The number of aryl methyl sites for hydroxylation is 1. The molecule has 2 aromatic rings. The highest BCUT2D eigenvalue weighted by Crippen LogP contribution is 2.32. The number of ether oxygens (including phenoxy) is 1. The second kappa shape index (κ2) is 3.53. The summed E-state index contributed by atoms with van der Waals surface area (Å²) in [7, 11) is 0. The van der Waals surface area contributed by atoms with Crippen molar-refractivity contribution in [3.8, 4) is 11.8 Å². The molecule has 0 aromatic heterocycles. The SMILES string of the molecule is N#Cc1ccc2ccc3c(c2c1)CCCO3. The van der Waals surface area contributed by atoms with E-state index < -0.39 is 0 Å². The van der Waals surface area contributed by atoms with Gasteiger partial charge in [-0.25, -0.2) is 0 Å². The minimum absolute atomic E-state index is 0.714. The fourth-order valence-corrected chi connectivity index (χ4v) is 2.26. The zero-order valence-corrected chi connectivity index (χ0v) is 8.86. The lowest BCUT2D eigenvalue weighted by atomic mass is 9.97. The summed E-state index contributed by atoms with van der Waals surface area (Å²) >= 11 is 0. The highest BCUT2D eigenvalue weighted by atomic mass is 16.5. The topological polar surface area (TPSA) is 33.0 Å². The fraction of sp³-hybridized carbons (Fsp3) is 0.214. The van der Waals surface area contributed by atoms with E-state index in [4.69, 9.17) is 10.00 Å². The lowest BCUT2D eigenvalue weighted by molar-refractivity contribution is 0.289. The van der Waals surface area contributed by atoms with E-state index in [0.29, 0.717) is 5.56 Å². The molecule has 1 heterocycles. The molecule has 2 nitrogen and oxygen atoms in total. The zero-order chi connectivity index (χ0) is 11.0. The van der Waals surface area contributed by atoms with Crippen molar-refractivity contribution in [3.05, 3.63) is 41.5 Å². The maximum absolute atomic E-state index is 8.92. The van der Waals surface area contributed by atoms with Gasteiger partial charge in [-0.3, -0.25) is 0 Å². The molecule has 2 aromatic carbocycles. The molecule has 0 saturated heterocycles. The molecule has 0 fully saturated rings. The third-order valence-electron chi connectivity index (χ3n) is 3.05. The number of benzene rings is 2. The molecule has 0 unspecified atom stereocenters. The van der Waals surface area contributed by atoms with E-state index in [1.807, 2.05) is 24.3 Å². The molecule has 0 aliphatic carbocycles. The summed E-state index contributed by atoms with van der Waals surface area (Å²) in [4.78, 5) is 0. The van der Waals surface area contributed by atoms with Gasteiger partial charge in [-0.1, -0.05) is 12.1 Å². The highest BCUT2D eigenvalue weighted by molar-refractivity contribution is 5.89. The summed E-state index contributed by atoms with van der Waals surface area (Å²) in [6.45, 7) is 0.802. The number of hydrogen-bond acceptors (Lipinski definition) is 2. The average Bonchev–Trinajstić information content (AvgIpc) is 2.38. The van der Waals surface area contributed by atoms with Gasteiger partial charge in [-0.05, 0) is 41.8 Å². The summed E-state index contributed by atoms with van der Waals surface area (Å²) in [5, 5.41) is 11.3. The first-order chi connectivity index (χ1) is 7.88. The smallest absolute Gasteiger partial charge is 0.123 e. The predicted molar refractivity (Wildman–Crippen MR) is 62.5 cm³/mol. The molecule has 0 atom stereocenters.